The van der Waals surface area contributed by atoms with Gasteiger partial charge in [-0.2, -0.15) is 0 Å². The molecule has 1 aromatic heterocycles. The van der Waals surface area contributed by atoms with Gasteiger partial charge in [0, 0.05) is 25.5 Å². The van der Waals surface area contributed by atoms with Crippen molar-refractivity contribution in [3.63, 3.8) is 0 Å². The number of rotatable bonds is 2. The fourth-order valence-corrected chi connectivity index (χ4v) is 2.67. The Hall–Kier alpha value is -1.90. The molecule has 0 N–H and O–H groups in total. The van der Waals surface area contributed by atoms with Crippen molar-refractivity contribution >= 4 is 5.82 Å². The number of benzene rings is 1. The van der Waals surface area contributed by atoms with Gasteiger partial charge in [-0.05, 0) is 30.4 Å². The molecule has 2 aromatic rings. The van der Waals surface area contributed by atoms with Crippen molar-refractivity contribution in [2.75, 3.05) is 11.9 Å². The van der Waals surface area contributed by atoms with E-state index in [4.69, 9.17) is 0 Å². The summed E-state index contributed by atoms with van der Waals surface area (Å²) in [6.45, 7) is 0. The maximum absolute atomic E-state index is 4.37. The highest BCUT2D eigenvalue weighted by atomic mass is 15.2. The van der Waals surface area contributed by atoms with Gasteiger partial charge in [0.25, 0.3) is 0 Å². The van der Waals surface area contributed by atoms with Crippen LogP contribution in [-0.2, 0) is 12.8 Å². The van der Waals surface area contributed by atoms with Gasteiger partial charge in [0.1, 0.15) is 5.82 Å². The molecule has 0 spiro atoms. The number of likely N-dealkylation sites (N-methyl/N-ethyl adjacent to an activating group) is 1. The number of fused-ring (bicyclic) bond motifs is 1. The van der Waals surface area contributed by atoms with Crippen molar-refractivity contribution in [3.05, 3.63) is 54.0 Å². The van der Waals surface area contributed by atoms with E-state index >= 15 is 0 Å². The number of hydrogen-bond donors (Lipinski definition) is 0. The Bertz CT molecular complexity index is 524. The lowest BCUT2D eigenvalue weighted by atomic mass is 9.88. The van der Waals surface area contributed by atoms with Crippen LogP contribution in [0.1, 0.15) is 17.5 Å². The van der Waals surface area contributed by atoms with Crippen molar-refractivity contribution in [1.29, 1.82) is 0 Å². The van der Waals surface area contributed by atoms with Gasteiger partial charge in [0.2, 0.25) is 0 Å². The van der Waals surface area contributed by atoms with Gasteiger partial charge in [-0.3, -0.25) is 4.98 Å². The lowest BCUT2D eigenvalue weighted by Gasteiger charge is -2.33. The summed E-state index contributed by atoms with van der Waals surface area (Å²) in [5, 5.41) is 0. The van der Waals surface area contributed by atoms with E-state index in [0.29, 0.717) is 6.04 Å². The van der Waals surface area contributed by atoms with Crippen LogP contribution in [-0.4, -0.2) is 23.1 Å². The highest BCUT2D eigenvalue weighted by Crippen LogP contribution is 2.25. The van der Waals surface area contributed by atoms with E-state index in [2.05, 4.69) is 46.2 Å². The van der Waals surface area contributed by atoms with Gasteiger partial charge in [0.15, 0.2) is 0 Å². The van der Waals surface area contributed by atoms with Crippen LogP contribution in [0, 0.1) is 0 Å². The van der Waals surface area contributed by atoms with E-state index in [0.717, 1.165) is 18.7 Å². The van der Waals surface area contributed by atoms with Crippen LogP contribution in [0.25, 0.3) is 0 Å². The van der Waals surface area contributed by atoms with Gasteiger partial charge in [-0.15, -0.1) is 0 Å². The monoisotopic (exact) mass is 239 g/mol. The van der Waals surface area contributed by atoms with E-state index in [9.17, 15) is 0 Å². The molecule has 3 nitrogen and oxygen atoms in total. The van der Waals surface area contributed by atoms with E-state index in [1.165, 1.54) is 17.5 Å². The van der Waals surface area contributed by atoms with Gasteiger partial charge >= 0.3 is 0 Å². The first-order valence-corrected chi connectivity index (χ1v) is 6.40. The van der Waals surface area contributed by atoms with Crippen LogP contribution in [0.15, 0.2) is 42.9 Å². The van der Waals surface area contributed by atoms with Crippen molar-refractivity contribution in [1.82, 2.24) is 9.97 Å². The summed E-state index contributed by atoms with van der Waals surface area (Å²) in [5.74, 6) is 0.960. The quantitative estimate of drug-likeness (QED) is 0.806. The molecule has 0 fully saturated rings. The average Bonchev–Trinajstić information content (AvgIpc) is 2.47. The van der Waals surface area contributed by atoms with Crippen molar-refractivity contribution < 1.29 is 0 Å². The molecule has 3 rings (SSSR count). The molecule has 0 amide bonds. The first-order valence-electron chi connectivity index (χ1n) is 6.40. The number of aryl methyl sites for hydroxylation is 1. The minimum Gasteiger partial charge on any atom is -0.355 e. The molecule has 1 heterocycles. The summed E-state index contributed by atoms with van der Waals surface area (Å²) in [5.41, 5.74) is 2.98. The van der Waals surface area contributed by atoms with Gasteiger partial charge in [0.05, 0.1) is 6.20 Å². The van der Waals surface area contributed by atoms with Crippen LogP contribution < -0.4 is 4.90 Å². The number of aromatic nitrogens is 2. The molecule has 92 valence electrons. The van der Waals surface area contributed by atoms with Crippen molar-refractivity contribution in [2.24, 2.45) is 0 Å². The molecule has 18 heavy (non-hydrogen) atoms. The summed E-state index contributed by atoms with van der Waals surface area (Å²) in [6.07, 6.45) is 8.75. The minimum atomic E-state index is 0.525. The second-order valence-corrected chi connectivity index (χ2v) is 4.84. The van der Waals surface area contributed by atoms with Crippen LogP contribution in [0.5, 0.6) is 0 Å². The van der Waals surface area contributed by atoms with Crippen molar-refractivity contribution in [3.8, 4) is 0 Å². The first-order chi connectivity index (χ1) is 8.84. The molecule has 1 aliphatic carbocycles. The zero-order valence-corrected chi connectivity index (χ0v) is 10.6. The fraction of sp³-hybridized carbons (Fsp3) is 0.333. The summed E-state index contributed by atoms with van der Waals surface area (Å²) < 4.78 is 0. The largest absolute Gasteiger partial charge is 0.355 e. The lowest BCUT2D eigenvalue weighted by molar-refractivity contribution is 0.544. The Balaban J connectivity index is 1.80. The Labute approximate surface area is 108 Å². The predicted octanol–water partition coefficient (Wildman–Crippen LogP) is 2.47. The van der Waals surface area contributed by atoms with Crippen LogP contribution in [0.2, 0.25) is 0 Å². The minimum absolute atomic E-state index is 0.525. The Morgan fingerprint density at radius 1 is 1.17 bits per heavy atom. The standard InChI is InChI=1S/C15H17N3/c1-18(15-11-16-8-9-17-15)14-7-6-12-4-2-3-5-13(12)10-14/h2-5,8-9,11,14H,6-7,10H2,1H3. The SMILES string of the molecule is CN(c1cnccn1)C1CCc2ccccc2C1. The third kappa shape index (κ3) is 2.08. The summed E-state index contributed by atoms with van der Waals surface area (Å²) in [7, 11) is 2.11. The first kappa shape index (κ1) is 11.2. The molecule has 1 aliphatic rings. The average molecular weight is 239 g/mol. The number of anilines is 1. The molecule has 0 aliphatic heterocycles. The summed E-state index contributed by atoms with van der Waals surface area (Å²) in [4.78, 5) is 10.8. The van der Waals surface area contributed by atoms with E-state index < -0.39 is 0 Å². The molecule has 3 heteroatoms. The molecule has 1 atom stereocenters. The molecule has 0 bridgehead atoms. The number of nitrogens with zero attached hydrogens (tertiary/aromatic N) is 3. The van der Waals surface area contributed by atoms with E-state index in [1.807, 2.05) is 6.20 Å². The molecular formula is C15H17N3. The second kappa shape index (κ2) is 4.77. The summed E-state index contributed by atoms with van der Waals surface area (Å²) >= 11 is 0. The topological polar surface area (TPSA) is 29.0 Å². The van der Waals surface area contributed by atoms with Gasteiger partial charge in [-0.1, -0.05) is 24.3 Å². The van der Waals surface area contributed by atoms with Gasteiger partial charge in [-0.25, -0.2) is 4.98 Å². The van der Waals surface area contributed by atoms with Crippen LogP contribution in [0.3, 0.4) is 0 Å². The van der Waals surface area contributed by atoms with E-state index in [-0.39, 0.29) is 0 Å². The summed E-state index contributed by atoms with van der Waals surface area (Å²) in [6, 6.07) is 9.27. The smallest absolute Gasteiger partial charge is 0.147 e. The maximum atomic E-state index is 4.37. The van der Waals surface area contributed by atoms with Crippen LogP contribution in [0.4, 0.5) is 5.82 Å². The normalized spacial score (nSPS) is 18.2. The molecule has 1 aromatic carbocycles. The third-order valence-electron chi connectivity index (χ3n) is 3.78. The third-order valence-corrected chi connectivity index (χ3v) is 3.78. The highest BCUT2D eigenvalue weighted by Gasteiger charge is 2.22. The highest BCUT2D eigenvalue weighted by molar-refractivity contribution is 5.39. The Morgan fingerprint density at radius 2 is 2.00 bits per heavy atom. The molecular weight excluding hydrogens is 222 g/mol. The van der Waals surface area contributed by atoms with Crippen LogP contribution >= 0.6 is 0 Å². The zero-order valence-electron chi connectivity index (χ0n) is 10.6. The lowest BCUT2D eigenvalue weighted by Crippen LogP contribution is -2.37. The fourth-order valence-electron chi connectivity index (χ4n) is 2.67. The number of hydrogen-bond acceptors (Lipinski definition) is 3. The van der Waals surface area contributed by atoms with E-state index in [1.54, 1.807) is 12.4 Å². The molecule has 0 radical (unpaired) electrons. The van der Waals surface area contributed by atoms with Crippen molar-refractivity contribution in [2.45, 2.75) is 25.3 Å². The predicted molar refractivity (Wildman–Crippen MR) is 72.7 cm³/mol. The molecule has 0 saturated heterocycles. The molecule has 1 unspecified atom stereocenters. The van der Waals surface area contributed by atoms with Gasteiger partial charge < -0.3 is 4.90 Å². The molecule has 0 saturated carbocycles. The Kier molecular flexibility index (Phi) is 2.97. The maximum Gasteiger partial charge on any atom is 0.147 e. The Morgan fingerprint density at radius 3 is 2.78 bits per heavy atom. The zero-order chi connectivity index (χ0) is 12.4. The second-order valence-electron chi connectivity index (χ2n) is 4.84.